The Morgan fingerprint density at radius 3 is 3.09 bits per heavy atom. The molecule has 0 bridgehead atoms. The summed E-state index contributed by atoms with van der Waals surface area (Å²) >= 11 is 0. The minimum atomic E-state index is -0.505. The van der Waals surface area contributed by atoms with Crippen molar-refractivity contribution in [2.24, 2.45) is 0 Å². The molecule has 1 saturated heterocycles. The van der Waals surface area contributed by atoms with E-state index in [2.05, 4.69) is 11.9 Å². The Bertz CT molecular complexity index is 527. The fourth-order valence-electron chi connectivity index (χ4n) is 2.61. The van der Waals surface area contributed by atoms with Gasteiger partial charge < -0.3 is 15.0 Å². The summed E-state index contributed by atoms with van der Waals surface area (Å²) in [4.78, 5) is 14.4. The zero-order chi connectivity index (χ0) is 15.9. The lowest BCUT2D eigenvalue weighted by Crippen LogP contribution is -2.51. The van der Waals surface area contributed by atoms with Gasteiger partial charge in [0.2, 0.25) is 0 Å². The zero-order valence-corrected chi connectivity index (χ0v) is 14.2. The number of hydrogen-bond donors (Lipinski definition) is 1. The van der Waals surface area contributed by atoms with Gasteiger partial charge in [0.1, 0.15) is 11.9 Å². The van der Waals surface area contributed by atoms with E-state index >= 15 is 0 Å². The van der Waals surface area contributed by atoms with E-state index in [-0.39, 0.29) is 30.2 Å². The number of nitrogens with one attached hydrogen (secondary N) is 1. The number of rotatable bonds is 6. The van der Waals surface area contributed by atoms with Gasteiger partial charge in [-0.25, -0.2) is 4.39 Å². The van der Waals surface area contributed by atoms with Crippen molar-refractivity contribution in [3.8, 4) is 0 Å². The van der Waals surface area contributed by atoms with Gasteiger partial charge in [-0.15, -0.1) is 19.0 Å². The molecule has 6 heteroatoms. The summed E-state index contributed by atoms with van der Waals surface area (Å²) in [5, 5.41) is 3.26. The molecule has 1 amide bonds. The molecular weight excluding hydrogens is 319 g/mol. The molecule has 1 fully saturated rings. The van der Waals surface area contributed by atoms with Gasteiger partial charge in [-0.3, -0.25) is 4.79 Å². The van der Waals surface area contributed by atoms with Crippen LogP contribution < -0.4 is 5.32 Å². The molecule has 1 aliphatic rings. The Hall–Kier alpha value is -1.43. The van der Waals surface area contributed by atoms with Crippen molar-refractivity contribution in [1.29, 1.82) is 0 Å². The standard InChI is InChI=1S/C17H23FN2O2.ClH/c1-3-4-10-22-13(2)17(21)20-9-8-19-12-16(20)14-6-5-7-15(18)11-14;/h3,5-7,11,13,16,19H,1,4,8-10,12H2,2H3;1H. The van der Waals surface area contributed by atoms with E-state index in [0.717, 1.165) is 12.1 Å². The van der Waals surface area contributed by atoms with Crippen molar-refractivity contribution in [3.63, 3.8) is 0 Å². The van der Waals surface area contributed by atoms with Crippen LogP contribution in [0.5, 0.6) is 0 Å². The first-order chi connectivity index (χ1) is 10.6. The highest BCUT2D eigenvalue weighted by molar-refractivity contribution is 5.85. The Morgan fingerprint density at radius 2 is 2.39 bits per heavy atom. The maximum Gasteiger partial charge on any atom is 0.252 e. The monoisotopic (exact) mass is 342 g/mol. The molecule has 0 spiro atoms. The molecule has 1 N–H and O–H groups in total. The quantitative estimate of drug-likeness (QED) is 0.638. The smallest absolute Gasteiger partial charge is 0.252 e. The van der Waals surface area contributed by atoms with Crippen molar-refractivity contribution in [3.05, 3.63) is 48.3 Å². The predicted molar refractivity (Wildman–Crippen MR) is 91.2 cm³/mol. The molecule has 0 aliphatic carbocycles. The van der Waals surface area contributed by atoms with Gasteiger partial charge in [-0.1, -0.05) is 18.2 Å². The van der Waals surface area contributed by atoms with Gasteiger partial charge in [0.15, 0.2) is 0 Å². The largest absolute Gasteiger partial charge is 0.368 e. The normalized spacial score (nSPS) is 18.9. The van der Waals surface area contributed by atoms with Gasteiger partial charge >= 0.3 is 0 Å². The van der Waals surface area contributed by atoms with Crippen molar-refractivity contribution in [2.45, 2.75) is 25.5 Å². The van der Waals surface area contributed by atoms with E-state index in [9.17, 15) is 9.18 Å². The number of halogens is 2. The molecule has 1 heterocycles. The Morgan fingerprint density at radius 1 is 1.61 bits per heavy atom. The van der Waals surface area contributed by atoms with Crippen LogP contribution >= 0.6 is 12.4 Å². The van der Waals surface area contributed by atoms with Crippen LogP contribution in [0.15, 0.2) is 36.9 Å². The number of carbonyl (C=O) groups excluding carboxylic acids is 1. The maximum atomic E-state index is 13.5. The molecule has 1 aliphatic heterocycles. The second-order valence-electron chi connectivity index (χ2n) is 5.40. The fraction of sp³-hybridized carbons (Fsp3) is 0.471. The number of nitrogens with zero attached hydrogens (tertiary/aromatic N) is 1. The van der Waals surface area contributed by atoms with Crippen molar-refractivity contribution in [1.82, 2.24) is 10.2 Å². The second-order valence-corrected chi connectivity index (χ2v) is 5.40. The third-order valence-electron chi connectivity index (χ3n) is 3.80. The highest BCUT2D eigenvalue weighted by Crippen LogP contribution is 2.24. The van der Waals surface area contributed by atoms with E-state index in [1.807, 2.05) is 6.07 Å². The number of ether oxygens (including phenoxy) is 1. The van der Waals surface area contributed by atoms with Gasteiger partial charge in [-0.05, 0) is 31.0 Å². The summed E-state index contributed by atoms with van der Waals surface area (Å²) in [6, 6.07) is 6.26. The Labute approximate surface area is 143 Å². The molecule has 128 valence electrons. The number of carbonyl (C=O) groups is 1. The van der Waals surface area contributed by atoms with Crippen molar-refractivity contribution < 1.29 is 13.9 Å². The molecule has 0 radical (unpaired) electrons. The SMILES string of the molecule is C=CCCOC(C)C(=O)N1CCNCC1c1cccc(F)c1.Cl. The van der Waals surface area contributed by atoms with Gasteiger partial charge in [0.25, 0.3) is 5.91 Å². The van der Waals surface area contributed by atoms with Crippen LogP contribution in [-0.4, -0.2) is 43.2 Å². The first kappa shape index (κ1) is 19.6. The van der Waals surface area contributed by atoms with Crippen LogP contribution in [0.4, 0.5) is 4.39 Å². The molecular formula is C17H24ClFN2O2. The molecule has 2 atom stereocenters. The molecule has 2 rings (SSSR count). The summed E-state index contributed by atoms with van der Waals surface area (Å²) in [5.41, 5.74) is 0.804. The van der Waals surface area contributed by atoms with Crippen LogP contribution in [0.2, 0.25) is 0 Å². The maximum absolute atomic E-state index is 13.5. The van der Waals surface area contributed by atoms with Crippen LogP contribution in [0.1, 0.15) is 24.9 Å². The topological polar surface area (TPSA) is 41.6 Å². The zero-order valence-electron chi connectivity index (χ0n) is 13.3. The minimum absolute atomic E-state index is 0. The van der Waals surface area contributed by atoms with Crippen LogP contribution in [-0.2, 0) is 9.53 Å². The molecule has 1 aromatic rings. The third kappa shape index (κ3) is 5.30. The average molecular weight is 343 g/mol. The fourth-order valence-corrected chi connectivity index (χ4v) is 2.61. The Kier molecular flexibility index (Phi) is 8.23. The van der Waals surface area contributed by atoms with Crippen LogP contribution in [0.3, 0.4) is 0 Å². The Balaban J connectivity index is 0.00000264. The van der Waals surface area contributed by atoms with E-state index in [1.165, 1.54) is 12.1 Å². The van der Waals surface area contributed by atoms with E-state index in [4.69, 9.17) is 4.74 Å². The lowest BCUT2D eigenvalue weighted by molar-refractivity contribution is -0.146. The third-order valence-corrected chi connectivity index (χ3v) is 3.80. The van der Waals surface area contributed by atoms with Gasteiger partial charge in [-0.2, -0.15) is 0 Å². The molecule has 23 heavy (non-hydrogen) atoms. The lowest BCUT2D eigenvalue weighted by Gasteiger charge is -2.38. The van der Waals surface area contributed by atoms with E-state index in [1.54, 1.807) is 24.0 Å². The molecule has 0 aromatic heterocycles. The molecule has 4 nitrogen and oxygen atoms in total. The van der Waals surface area contributed by atoms with Crippen molar-refractivity contribution in [2.75, 3.05) is 26.2 Å². The van der Waals surface area contributed by atoms with Crippen molar-refractivity contribution >= 4 is 18.3 Å². The first-order valence-corrected chi connectivity index (χ1v) is 7.62. The van der Waals surface area contributed by atoms with Crippen LogP contribution in [0, 0.1) is 5.82 Å². The summed E-state index contributed by atoms with van der Waals surface area (Å²) in [6.07, 6.45) is 1.97. The average Bonchev–Trinajstić information content (AvgIpc) is 2.54. The number of piperazine rings is 1. The lowest BCUT2D eigenvalue weighted by atomic mass is 10.0. The summed E-state index contributed by atoms with van der Waals surface area (Å²) < 4.78 is 19.0. The predicted octanol–water partition coefficient (Wildman–Crippen LogP) is 2.70. The molecule has 0 saturated carbocycles. The summed E-state index contributed by atoms with van der Waals surface area (Å²) in [7, 11) is 0. The first-order valence-electron chi connectivity index (χ1n) is 7.62. The minimum Gasteiger partial charge on any atom is -0.368 e. The molecule has 2 unspecified atom stereocenters. The second kappa shape index (κ2) is 9.65. The summed E-state index contributed by atoms with van der Waals surface area (Å²) in [6.45, 7) is 7.82. The van der Waals surface area contributed by atoms with Gasteiger partial charge in [0, 0.05) is 19.6 Å². The summed E-state index contributed by atoms with van der Waals surface area (Å²) in [5.74, 6) is -0.342. The van der Waals surface area contributed by atoms with E-state index < -0.39 is 6.10 Å². The van der Waals surface area contributed by atoms with Gasteiger partial charge in [0.05, 0.1) is 12.6 Å². The molecule has 1 aromatic carbocycles. The van der Waals surface area contributed by atoms with Crippen LogP contribution in [0.25, 0.3) is 0 Å². The highest BCUT2D eigenvalue weighted by atomic mass is 35.5. The number of hydrogen-bond acceptors (Lipinski definition) is 3. The number of amides is 1. The van der Waals surface area contributed by atoms with E-state index in [0.29, 0.717) is 26.1 Å². The number of benzene rings is 1. The highest BCUT2D eigenvalue weighted by Gasteiger charge is 2.31.